The van der Waals surface area contributed by atoms with Crippen molar-refractivity contribution in [1.29, 1.82) is 0 Å². The number of hydrogen-bond donors (Lipinski definition) is 2. The maximum Gasteiger partial charge on any atom is 0.418 e. The Morgan fingerprint density at radius 1 is 0.877 bits per heavy atom. The summed E-state index contributed by atoms with van der Waals surface area (Å²) in [4.78, 5) is 24.6. The Kier molecular flexibility index (Phi) is 13.0. The summed E-state index contributed by atoms with van der Waals surface area (Å²) < 4.78 is 135. The number of alkyl halides is 3. The molecule has 0 spiro atoms. The van der Waals surface area contributed by atoms with Gasteiger partial charge in [-0.05, 0) is 73.4 Å². The van der Waals surface area contributed by atoms with Gasteiger partial charge in [-0.1, -0.05) is 55.8 Å². The number of carbonyl (C=O) groups is 2. The molecule has 0 saturated carbocycles. The first-order valence-corrected chi connectivity index (χ1v) is 20.8. The summed E-state index contributed by atoms with van der Waals surface area (Å²) >= 11 is 0. The van der Waals surface area contributed by atoms with E-state index in [9.17, 15) is 44.0 Å². The van der Waals surface area contributed by atoms with Crippen molar-refractivity contribution in [3.8, 4) is 16.8 Å². The van der Waals surface area contributed by atoms with Gasteiger partial charge in [0.1, 0.15) is 18.2 Å². The lowest BCUT2D eigenvalue weighted by Crippen LogP contribution is -2.31. The number of sulfone groups is 1. The summed E-state index contributed by atoms with van der Waals surface area (Å²) in [6, 6.07) is 16.4. The third kappa shape index (κ3) is 9.92. The Balaban J connectivity index is 1.59. The van der Waals surface area contributed by atoms with E-state index >= 15 is 4.39 Å². The molecule has 18 heteroatoms. The average molecular weight is 833 g/mol. The number of nitrogens with one attached hydrogen (secondary N) is 2. The number of rotatable bonds is 15. The minimum atomic E-state index is -4.99. The van der Waals surface area contributed by atoms with Crippen LogP contribution >= 0.6 is 0 Å². The molecule has 0 aliphatic carbocycles. The lowest BCUT2D eigenvalue weighted by atomic mass is 9.99. The summed E-state index contributed by atoms with van der Waals surface area (Å²) in [5, 5.41) is 6.17. The molecule has 4 aromatic carbocycles. The van der Waals surface area contributed by atoms with E-state index in [0.29, 0.717) is 23.6 Å². The van der Waals surface area contributed by atoms with E-state index in [0.717, 1.165) is 36.6 Å². The Hall–Kier alpha value is -5.46. The first-order valence-electron chi connectivity index (χ1n) is 17.4. The molecule has 5 rings (SSSR count). The van der Waals surface area contributed by atoms with Crippen molar-refractivity contribution < 1.29 is 53.1 Å². The number of aromatic nitrogens is 2. The number of benzene rings is 4. The molecule has 0 fully saturated rings. The molecule has 1 heterocycles. The molecule has 0 unspecified atom stereocenters. The quantitative estimate of drug-likeness (QED) is 0.105. The lowest BCUT2D eigenvalue weighted by molar-refractivity contribution is -0.137. The summed E-state index contributed by atoms with van der Waals surface area (Å²) in [5.74, 6) is -3.76. The molecule has 0 saturated heterocycles. The van der Waals surface area contributed by atoms with Crippen molar-refractivity contribution in [2.45, 2.75) is 55.6 Å². The molecule has 11 nitrogen and oxygen atoms in total. The predicted octanol–water partition coefficient (Wildman–Crippen LogP) is 7.27. The zero-order chi connectivity index (χ0) is 41.7. The van der Waals surface area contributed by atoms with Crippen LogP contribution in [0.5, 0.6) is 0 Å². The molecular formula is C39H37F5N4O7S2. The van der Waals surface area contributed by atoms with Gasteiger partial charge in [-0.3, -0.25) is 9.59 Å². The van der Waals surface area contributed by atoms with E-state index in [4.69, 9.17) is 4.74 Å². The number of sulfonamides is 1. The second-order valence-corrected chi connectivity index (χ2v) is 16.4. The van der Waals surface area contributed by atoms with Gasteiger partial charge in [0.2, 0.25) is 5.91 Å². The largest absolute Gasteiger partial charge is 0.418 e. The van der Waals surface area contributed by atoms with Gasteiger partial charge in [-0.15, -0.1) is 0 Å². The highest BCUT2D eigenvalue weighted by Crippen LogP contribution is 2.38. The van der Waals surface area contributed by atoms with E-state index in [2.05, 4.69) is 10.4 Å². The molecule has 0 aliphatic rings. The number of amides is 2. The van der Waals surface area contributed by atoms with Gasteiger partial charge in [-0.2, -0.15) is 18.3 Å². The Morgan fingerprint density at radius 2 is 1.58 bits per heavy atom. The second-order valence-electron chi connectivity index (χ2n) is 12.8. The first kappa shape index (κ1) is 42.7. The molecule has 0 aliphatic heterocycles. The van der Waals surface area contributed by atoms with Crippen LogP contribution in [0.2, 0.25) is 0 Å². The number of hydrogen-bond acceptors (Lipinski definition) is 8. The number of unbranched alkanes of at least 4 members (excludes halogenated alkanes) is 1. The van der Waals surface area contributed by atoms with E-state index in [1.807, 2.05) is 11.6 Å². The van der Waals surface area contributed by atoms with Gasteiger partial charge in [0.25, 0.3) is 15.9 Å². The van der Waals surface area contributed by atoms with Gasteiger partial charge in [0.05, 0.1) is 27.4 Å². The fourth-order valence-electron chi connectivity index (χ4n) is 6.03. The predicted molar refractivity (Wildman–Crippen MR) is 201 cm³/mol. The fourth-order valence-corrected chi connectivity index (χ4v) is 8.31. The van der Waals surface area contributed by atoms with Crippen LogP contribution in [-0.4, -0.2) is 57.9 Å². The van der Waals surface area contributed by atoms with Crippen LogP contribution in [0.25, 0.3) is 16.8 Å². The van der Waals surface area contributed by atoms with E-state index < -0.39 is 82.6 Å². The van der Waals surface area contributed by atoms with Crippen molar-refractivity contribution in [3.63, 3.8) is 0 Å². The third-order valence-electron chi connectivity index (χ3n) is 8.64. The molecule has 0 atom stereocenters. The normalized spacial score (nSPS) is 12.1. The van der Waals surface area contributed by atoms with Crippen LogP contribution < -0.4 is 10.0 Å². The zero-order valence-corrected chi connectivity index (χ0v) is 32.4. The van der Waals surface area contributed by atoms with Crippen molar-refractivity contribution in [2.24, 2.45) is 0 Å². The van der Waals surface area contributed by atoms with E-state index in [-0.39, 0.29) is 53.3 Å². The van der Waals surface area contributed by atoms with Crippen molar-refractivity contribution in [1.82, 2.24) is 14.5 Å². The van der Waals surface area contributed by atoms with Gasteiger partial charge in [0.15, 0.2) is 14.9 Å². The Morgan fingerprint density at radius 3 is 2.23 bits per heavy atom. The Bertz CT molecular complexity index is 2540. The average Bonchev–Trinajstić information content (AvgIpc) is 3.52. The molecule has 0 radical (unpaired) electrons. The summed E-state index contributed by atoms with van der Waals surface area (Å²) in [6.45, 7) is 3.31. The maximum atomic E-state index is 16.1. The summed E-state index contributed by atoms with van der Waals surface area (Å²) in [7, 11) is -9.03. The van der Waals surface area contributed by atoms with Crippen LogP contribution in [0.4, 0.5) is 27.6 Å². The van der Waals surface area contributed by atoms with Crippen molar-refractivity contribution in [2.75, 3.05) is 24.8 Å². The van der Waals surface area contributed by atoms with Crippen LogP contribution in [-0.2, 0) is 48.4 Å². The van der Waals surface area contributed by atoms with Crippen LogP contribution in [0.3, 0.4) is 0 Å². The fraction of sp³-hybridized carbons (Fsp3) is 0.256. The molecule has 2 amide bonds. The van der Waals surface area contributed by atoms with Gasteiger partial charge in [0, 0.05) is 36.1 Å². The monoisotopic (exact) mass is 832 g/mol. The van der Waals surface area contributed by atoms with Crippen LogP contribution in [0.1, 0.15) is 59.4 Å². The highest BCUT2D eigenvalue weighted by Gasteiger charge is 2.37. The molecule has 5 aromatic rings. The molecule has 1 aromatic heterocycles. The highest BCUT2D eigenvalue weighted by molar-refractivity contribution is 7.90. The lowest BCUT2D eigenvalue weighted by Gasteiger charge is -2.17. The van der Waals surface area contributed by atoms with Gasteiger partial charge in [-0.25, -0.2) is 35.0 Å². The zero-order valence-electron chi connectivity index (χ0n) is 30.8. The number of anilines is 1. The molecular weight excluding hydrogens is 796 g/mol. The van der Waals surface area contributed by atoms with E-state index in [1.54, 1.807) is 6.92 Å². The SMILES string of the molecule is CCCCc1nn(-c2cc(NC(=O)COCC)ccc2C(F)(F)F)c(S(C)(=O)=O)c1Cc1ccc(-c2ccccc2S(=O)(=O)NC(=O)c2ccccc2F)cc1F. The highest BCUT2D eigenvalue weighted by atomic mass is 32.2. The number of halogens is 5. The van der Waals surface area contributed by atoms with Crippen LogP contribution in [0, 0.1) is 11.6 Å². The number of ether oxygens (including phenoxy) is 1. The minimum Gasteiger partial charge on any atom is -0.372 e. The van der Waals surface area contributed by atoms with Crippen molar-refractivity contribution in [3.05, 3.63) is 125 Å². The van der Waals surface area contributed by atoms with Crippen molar-refractivity contribution >= 4 is 37.4 Å². The second kappa shape index (κ2) is 17.4. The standard InChI is InChI=1S/C39H37F5N4O7S2/c1-4-6-14-33-29(38(56(3,51)52)48(46-33)34-22-26(45-36(49)23-55-5-2)18-19-30(34)39(42,43)44)20-25-17-16-24(21-32(25)41)27-11-8-10-15-35(27)57(53,54)47-37(50)28-12-7-9-13-31(28)40/h7-13,15-19,21-22H,4-6,14,20,23H2,1-3H3,(H,45,49)(H,47,50). The Labute approximate surface area is 325 Å². The molecule has 57 heavy (non-hydrogen) atoms. The smallest absolute Gasteiger partial charge is 0.372 e. The van der Waals surface area contributed by atoms with E-state index in [1.165, 1.54) is 48.5 Å². The maximum absolute atomic E-state index is 16.1. The van der Waals surface area contributed by atoms with Crippen LogP contribution in [0.15, 0.2) is 94.9 Å². The first-order chi connectivity index (χ1) is 26.8. The minimum absolute atomic E-state index is 0.0297. The number of aryl methyl sites for hydroxylation is 1. The molecule has 302 valence electrons. The van der Waals surface area contributed by atoms with Gasteiger partial charge < -0.3 is 10.1 Å². The number of nitrogens with zero attached hydrogens (tertiary/aromatic N) is 2. The number of carbonyl (C=O) groups excluding carboxylic acids is 2. The topological polar surface area (TPSA) is 154 Å². The summed E-state index contributed by atoms with van der Waals surface area (Å²) in [6.07, 6.45) is -3.47. The van der Waals surface area contributed by atoms with Gasteiger partial charge >= 0.3 is 6.18 Å². The third-order valence-corrected chi connectivity index (χ3v) is 11.2. The molecule has 0 bridgehead atoms. The molecule has 2 N–H and O–H groups in total. The summed E-state index contributed by atoms with van der Waals surface area (Å²) in [5.41, 5.74) is -2.60.